The molecule has 0 saturated heterocycles. The van der Waals surface area contributed by atoms with Crippen LogP contribution < -0.4 is 4.90 Å². The van der Waals surface area contributed by atoms with Crippen LogP contribution in [-0.2, 0) is 11.3 Å². The predicted molar refractivity (Wildman–Crippen MR) is 134 cm³/mol. The maximum Gasteiger partial charge on any atom is 0.241 e. The molecule has 0 saturated carbocycles. The van der Waals surface area contributed by atoms with Crippen LogP contribution in [0.4, 0.5) is 5.13 Å². The summed E-state index contributed by atoms with van der Waals surface area (Å²) < 4.78 is 6.74. The zero-order valence-corrected chi connectivity index (χ0v) is 19.4. The summed E-state index contributed by atoms with van der Waals surface area (Å²) in [4.78, 5) is 21.0. The van der Waals surface area contributed by atoms with E-state index in [1.165, 1.54) is 0 Å². The highest BCUT2D eigenvalue weighted by Gasteiger charge is 2.31. The number of thiazole rings is 1. The molecule has 3 aromatic carbocycles. The fourth-order valence-corrected chi connectivity index (χ4v) is 5.20. The first kappa shape index (κ1) is 21.2. The fraction of sp³-hybridized carbons (Fsp3) is 0.143. The number of anilines is 1. The Bertz CT molecular complexity index is 1300. The van der Waals surface area contributed by atoms with Gasteiger partial charge >= 0.3 is 0 Å². The smallest absolute Gasteiger partial charge is 0.241 e. The van der Waals surface area contributed by atoms with Crippen molar-refractivity contribution < 1.29 is 9.21 Å². The van der Waals surface area contributed by atoms with Crippen molar-refractivity contribution >= 4 is 32.6 Å². The number of hydrogen-bond donors (Lipinski definition) is 0. The quantitative estimate of drug-likeness (QED) is 0.282. The molecule has 0 spiro atoms. The molecule has 0 atom stereocenters. The molecule has 33 heavy (non-hydrogen) atoms. The number of benzene rings is 3. The van der Waals surface area contributed by atoms with E-state index in [9.17, 15) is 4.79 Å². The van der Waals surface area contributed by atoms with Gasteiger partial charge in [-0.3, -0.25) is 9.69 Å². The summed E-state index contributed by atoms with van der Waals surface area (Å²) in [6.45, 7) is 4.46. The molecule has 5 heteroatoms. The molecule has 0 radical (unpaired) electrons. The van der Waals surface area contributed by atoms with Crippen molar-refractivity contribution in [3.8, 4) is 0 Å². The van der Waals surface area contributed by atoms with E-state index in [-0.39, 0.29) is 5.91 Å². The minimum Gasteiger partial charge on any atom is -0.467 e. The number of hydrogen-bond acceptors (Lipinski definition) is 4. The summed E-state index contributed by atoms with van der Waals surface area (Å²) in [5, 5.41) is 0.681. The van der Waals surface area contributed by atoms with E-state index < -0.39 is 5.92 Å². The first-order valence-electron chi connectivity index (χ1n) is 10.9. The van der Waals surface area contributed by atoms with E-state index in [0.29, 0.717) is 11.7 Å². The van der Waals surface area contributed by atoms with Crippen LogP contribution in [0.25, 0.3) is 10.2 Å². The van der Waals surface area contributed by atoms with Crippen molar-refractivity contribution in [3.63, 3.8) is 0 Å². The van der Waals surface area contributed by atoms with Gasteiger partial charge in [-0.15, -0.1) is 0 Å². The first-order chi connectivity index (χ1) is 16.1. The zero-order valence-electron chi connectivity index (χ0n) is 18.6. The molecule has 0 aliphatic carbocycles. The van der Waals surface area contributed by atoms with Crippen molar-refractivity contribution in [3.05, 3.63) is 119 Å². The molecule has 0 fully saturated rings. The number of rotatable bonds is 6. The van der Waals surface area contributed by atoms with Crippen LogP contribution in [0.15, 0.2) is 95.6 Å². The van der Waals surface area contributed by atoms with Crippen LogP contribution in [0.3, 0.4) is 0 Å². The number of amides is 1. The minimum atomic E-state index is -0.448. The van der Waals surface area contributed by atoms with Gasteiger partial charge in [-0.05, 0) is 48.2 Å². The van der Waals surface area contributed by atoms with Crippen LogP contribution in [0, 0.1) is 13.8 Å². The van der Waals surface area contributed by atoms with E-state index >= 15 is 0 Å². The lowest BCUT2D eigenvalue weighted by Gasteiger charge is -2.25. The van der Waals surface area contributed by atoms with Crippen LogP contribution in [0.2, 0.25) is 0 Å². The van der Waals surface area contributed by atoms with Gasteiger partial charge in [0, 0.05) is 0 Å². The molecule has 2 aromatic heterocycles. The van der Waals surface area contributed by atoms with Gasteiger partial charge in [0.2, 0.25) is 5.91 Å². The van der Waals surface area contributed by atoms with Gasteiger partial charge in [0.05, 0.1) is 28.9 Å². The van der Waals surface area contributed by atoms with E-state index in [1.807, 2.05) is 72.8 Å². The average molecular weight is 453 g/mol. The lowest BCUT2D eigenvalue weighted by atomic mass is 9.90. The number of aryl methyl sites for hydroxylation is 2. The summed E-state index contributed by atoms with van der Waals surface area (Å²) in [6.07, 6.45) is 1.64. The first-order valence-corrected chi connectivity index (χ1v) is 11.7. The predicted octanol–water partition coefficient (Wildman–Crippen LogP) is 6.87. The monoisotopic (exact) mass is 452 g/mol. The van der Waals surface area contributed by atoms with Gasteiger partial charge in [0.25, 0.3) is 0 Å². The molecule has 0 aliphatic heterocycles. The Morgan fingerprint density at radius 1 is 0.879 bits per heavy atom. The van der Waals surface area contributed by atoms with Gasteiger partial charge in [0.15, 0.2) is 5.13 Å². The number of nitrogens with zero attached hydrogens (tertiary/aromatic N) is 2. The van der Waals surface area contributed by atoms with Gasteiger partial charge in [-0.2, -0.15) is 0 Å². The van der Waals surface area contributed by atoms with Crippen molar-refractivity contribution in [2.45, 2.75) is 26.3 Å². The number of aromatic nitrogens is 1. The van der Waals surface area contributed by atoms with E-state index in [4.69, 9.17) is 9.40 Å². The van der Waals surface area contributed by atoms with E-state index in [0.717, 1.165) is 38.2 Å². The SMILES string of the molecule is Cc1ccc(C)c2sc(N(Cc3ccco3)C(=O)C(c3ccccc3)c3ccccc3)nc12. The van der Waals surface area contributed by atoms with Crippen molar-refractivity contribution in [1.82, 2.24) is 4.98 Å². The highest BCUT2D eigenvalue weighted by molar-refractivity contribution is 7.22. The van der Waals surface area contributed by atoms with Crippen LogP contribution in [-0.4, -0.2) is 10.9 Å². The fourth-order valence-electron chi connectivity index (χ4n) is 4.09. The largest absolute Gasteiger partial charge is 0.467 e. The Morgan fingerprint density at radius 2 is 1.52 bits per heavy atom. The lowest BCUT2D eigenvalue weighted by Crippen LogP contribution is -2.35. The summed E-state index contributed by atoms with van der Waals surface area (Å²) in [5.74, 6) is 0.241. The highest BCUT2D eigenvalue weighted by atomic mass is 32.1. The van der Waals surface area contributed by atoms with Crippen molar-refractivity contribution in [1.29, 1.82) is 0 Å². The molecule has 2 heterocycles. The van der Waals surface area contributed by atoms with Crippen LogP contribution in [0.5, 0.6) is 0 Å². The topological polar surface area (TPSA) is 46.3 Å². The van der Waals surface area contributed by atoms with Gasteiger partial charge in [-0.1, -0.05) is 84.1 Å². The lowest BCUT2D eigenvalue weighted by molar-refractivity contribution is -0.119. The Hall–Kier alpha value is -3.70. The second kappa shape index (κ2) is 9.04. The number of fused-ring (bicyclic) bond motifs is 1. The molecule has 0 N–H and O–H groups in total. The molecule has 0 aliphatic rings. The van der Waals surface area contributed by atoms with Gasteiger partial charge < -0.3 is 4.42 Å². The normalized spacial score (nSPS) is 11.2. The minimum absolute atomic E-state index is 0.0295. The third-order valence-electron chi connectivity index (χ3n) is 5.83. The standard InChI is InChI=1S/C28H24N2O2S/c1-19-15-16-20(2)26-25(19)29-28(33-26)30(18-23-14-9-17-32-23)27(31)24(21-10-5-3-6-11-21)22-12-7-4-8-13-22/h3-17,24H,18H2,1-2H3. The third kappa shape index (κ3) is 4.20. The number of carbonyl (C=O) groups excluding carboxylic acids is 1. The molecular weight excluding hydrogens is 428 g/mol. The highest BCUT2D eigenvalue weighted by Crippen LogP contribution is 2.36. The Kier molecular flexibility index (Phi) is 5.80. The van der Waals surface area contributed by atoms with Crippen molar-refractivity contribution in [2.24, 2.45) is 0 Å². The van der Waals surface area contributed by atoms with Gasteiger partial charge in [0.1, 0.15) is 5.76 Å². The molecule has 0 unspecified atom stereocenters. The van der Waals surface area contributed by atoms with E-state index in [2.05, 4.69) is 26.0 Å². The molecule has 1 amide bonds. The Balaban J connectivity index is 1.65. The van der Waals surface area contributed by atoms with Crippen molar-refractivity contribution in [2.75, 3.05) is 4.90 Å². The van der Waals surface area contributed by atoms with Crippen LogP contribution in [0.1, 0.15) is 33.9 Å². The maximum atomic E-state index is 14.3. The maximum absolute atomic E-state index is 14.3. The molecule has 4 nitrogen and oxygen atoms in total. The summed E-state index contributed by atoms with van der Waals surface area (Å²) in [6, 6.07) is 27.8. The number of carbonyl (C=O) groups is 1. The molecule has 164 valence electrons. The van der Waals surface area contributed by atoms with Gasteiger partial charge in [-0.25, -0.2) is 4.98 Å². The molecule has 5 rings (SSSR count). The van der Waals surface area contributed by atoms with Crippen LogP contribution >= 0.6 is 11.3 Å². The molecule has 5 aromatic rings. The zero-order chi connectivity index (χ0) is 22.8. The second-order valence-electron chi connectivity index (χ2n) is 8.13. The Morgan fingerprint density at radius 3 is 2.09 bits per heavy atom. The average Bonchev–Trinajstić information content (AvgIpc) is 3.52. The summed E-state index contributed by atoms with van der Waals surface area (Å²) in [5.41, 5.74) is 5.11. The Labute approximate surface area is 197 Å². The third-order valence-corrected chi connectivity index (χ3v) is 7.05. The molecule has 0 bridgehead atoms. The molecular formula is C28H24N2O2S. The second-order valence-corrected chi connectivity index (χ2v) is 9.11. The van der Waals surface area contributed by atoms with E-state index in [1.54, 1.807) is 22.5 Å². The summed E-state index contributed by atoms with van der Waals surface area (Å²) in [7, 11) is 0. The summed E-state index contributed by atoms with van der Waals surface area (Å²) >= 11 is 1.56. The number of furan rings is 1.